The van der Waals surface area contributed by atoms with Crippen LogP contribution in [0.15, 0.2) is 25.7 Å². The smallest absolute Gasteiger partial charge is 0.238 e. The van der Waals surface area contributed by atoms with Gasteiger partial charge in [0.15, 0.2) is 10.4 Å². The minimum atomic E-state index is -0.0200. The summed E-state index contributed by atoms with van der Waals surface area (Å²) in [6.45, 7) is 5.95. The maximum absolute atomic E-state index is 5.41. The second-order valence-corrected chi connectivity index (χ2v) is 5.41. The van der Waals surface area contributed by atoms with Gasteiger partial charge in [0.05, 0.1) is 11.6 Å². The molecule has 3 heterocycles. The molecule has 0 amide bonds. The first-order valence-electron chi connectivity index (χ1n) is 6.17. The minimum Gasteiger partial charge on any atom is -0.446 e. The highest BCUT2D eigenvalue weighted by Crippen LogP contribution is 2.29. The van der Waals surface area contributed by atoms with Crippen molar-refractivity contribution in [1.29, 1.82) is 0 Å². The van der Waals surface area contributed by atoms with Crippen molar-refractivity contribution in [2.24, 2.45) is 0 Å². The van der Waals surface area contributed by atoms with Gasteiger partial charge in [-0.3, -0.25) is 5.10 Å². The summed E-state index contributed by atoms with van der Waals surface area (Å²) < 4.78 is 11.4. The van der Waals surface area contributed by atoms with Crippen LogP contribution in [0.4, 0.5) is 0 Å². The lowest BCUT2D eigenvalue weighted by Gasteiger charge is -2.06. The molecule has 0 aliphatic carbocycles. The van der Waals surface area contributed by atoms with Gasteiger partial charge in [0.2, 0.25) is 11.7 Å². The van der Waals surface area contributed by atoms with Gasteiger partial charge in [-0.15, -0.1) is 0 Å². The Morgan fingerprint density at radius 3 is 2.70 bits per heavy atom. The number of aromatic nitrogens is 4. The SMILES string of the molecule is Cc1n[nH]c(C)c1[C@H](C)c1nc(-c2ccc(Br)o2)no1. The maximum atomic E-state index is 5.41. The first-order chi connectivity index (χ1) is 9.56. The number of aromatic amines is 1. The average molecular weight is 337 g/mol. The van der Waals surface area contributed by atoms with Crippen LogP contribution in [0.2, 0.25) is 0 Å². The van der Waals surface area contributed by atoms with Crippen molar-refractivity contribution in [1.82, 2.24) is 20.3 Å². The summed E-state index contributed by atoms with van der Waals surface area (Å²) in [4.78, 5) is 4.40. The van der Waals surface area contributed by atoms with Crippen LogP contribution in [-0.2, 0) is 0 Å². The molecular weight excluding hydrogens is 324 g/mol. The first-order valence-corrected chi connectivity index (χ1v) is 6.96. The van der Waals surface area contributed by atoms with E-state index in [9.17, 15) is 0 Å². The molecule has 1 atom stereocenters. The predicted molar refractivity (Wildman–Crippen MR) is 75.3 cm³/mol. The van der Waals surface area contributed by atoms with Crippen molar-refractivity contribution in [3.63, 3.8) is 0 Å². The van der Waals surface area contributed by atoms with Crippen LogP contribution in [-0.4, -0.2) is 20.3 Å². The highest BCUT2D eigenvalue weighted by molar-refractivity contribution is 9.10. The lowest BCUT2D eigenvalue weighted by molar-refractivity contribution is 0.369. The van der Waals surface area contributed by atoms with E-state index in [1.165, 1.54) is 0 Å². The fourth-order valence-corrected chi connectivity index (χ4v) is 2.57. The largest absolute Gasteiger partial charge is 0.446 e. The molecule has 0 bridgehead atoms. The van der Waals surface area contributed by atoms with E-state index in [1.54, 1.807) is 12.1 Å². The lowest BCUT2D eigenvalue weighted by atomic mass is 9.99. The Morgan fingerprint density at radius 1 is 1.30 bits per heavy atom. The topological polar surface area (TPSA) is 80.7 Å². The lowest BCUT2D eigenvalue weighted by Crippen LogP contribution is -1.99. The van der Waals surface area contributed by atoms with E-state index in [-0.39, 0.29) is 5.92 Å². The fourth-order valence-electron chi connectivity index (χ4n) is 2.27. The van der Waals surface area contributed by atoms with Gasteiger partial charge in [-0.05, 0) is 48.8 Å². The van der Waals surface area contributed by atoms with Crippen molar-refractivity contribution < 1.29 is 8.94 Å². The van der Waals surface area contributed by atoms with E-state index in [0.29, 0.717) is 22.1 Å². The summed E-state index contributed by atoms with van der Waals surface area (Å²) in [5.41, 5.74) is 3.03. The highest BCUT2D eigenvalue weighted by atomic mass is 79.9. The van der Waals surface area contributed by atoms with E-state index >= 15 is 0 Å². The Morgan fingerprint density at radius 2 is 2.10 bits per heavy atom. The van der Waals surface area contributed by atoms with Crippen molar-refractivity contribution in [3.05, 3.63) is 39.6 Å². The molecule has 0 saturated carbocycles. The summed E-state index contributed by atoms with van der Waals surface area (Å²) in [6.07, 6.45) is 0. The van der Waals surface area contributed by atoms with Crippen LogP contribution in [0.3, 0.4) is 0 Å². The Hall–Kier alpha value is -1.89. The van der Waals surface area contributed by atoms with Crippen LogP contribution in [0.25, 0.3) is 11.6 Å². The van der Waals surface area contributed by atoms with Gasteiger partial charge in [-0.2, -0.15) is 10.1 Å². The summed E-state index contributed by atoms with van der Waals surface area (Å²) in [5, 5.41) is 11.1. The molecule has 1 N–H and O–H groups in total. The molecule has 6 nitrogen and oxygen atoms in total. The molecule has 7 heteroatoms. The van der Waals surface area contributed by atoms with Gasteiger partial charge in [-0.25, -0.2) is 0 Å². The van der Waals surface area contributed by atoms with Crippen LogP contribution >= 0.6 is 15.9 Å². The summed E-state index contributed by atoms with van der Waals surface area (Å²) in [7, 11) is 0. The summed E-state index contributed by atoms with van der Waals surface area (Å²) in [6, 6.07) is 3.58. The monoisotopic (exact) mass is 336 g/mol. The third-order valence-electron chi connectivity index (χ3n) is 3.22. The van der Waals surface area contributed by atoms with E-state index < -0.39 is 0 Å². The molecule has 3 rings (SSSR count). The number of furan rings is 1. The van der Waals surface area contributed by atoms with E-state index in [0.717, 1.165) is 17.0 Å². The molecule has 104 valence electrons. The Labute approximate surface area is 123 Å². The number of halogens is 1. The van der Waals surface area contributed by atoms with E-state index in [4.69, 9.17) is 8.94 Å². The van der Waals surface area contributed by atoms with Crippen molar-refractivity contribution in [2.45, 2.75) is 26.7 Å². The van der Waals surface area contributed by atoms with Gasteiger partial charge >= 0.3 is 0 Å². The zero-order chi connectivity index (χ0) is 14.3. The molecule has 0 aromatic carbocycles. The van der Waals surface area contributed by atoms with Gasteiger partial charge in [0, 0.05) is 11.3 Å². The number of H-pyrrole nitrogens is 1. The molecule has 0 saturated heterocycles. The quantitative estimate of drug-likeness (QED) is 0.790. The van der Waals surface area contributed by atoms with Gasteiger partial charge in [0.25, 0.3) is 0 Å². The number of rotatable bonds is 3. The zero-order valence-corrected chi connectivity index (χ0v) is 12.9. The third kappa shape index (κ3) is 2.18. The fraction of sp³-hybridized carbons (Fsp3) is 0.308. The zero-order valence-electron chi connectivity index (χ0n) is 11.3. The number of aryl methyl sites for hydroxylation is 2. The van der Waals surface area contributed by atoms with Gasteiger partial charge in [-0.1, -0.05) is 5.16 Å². The number of hydrogen-bond acceptors (Lipinski definition) is 5. The number of nitrogens with one attached hydrogen (secondary N) is 1. The molecule has 0 aliphatic rings. The molecule has 0 aliphatic heterocycles. The molecule has 0 radical (unpaired) electrons. The van der Waals surface area contributed by atoms with Crippen molar-refractivity contribution >= 4 is 15.9 Å². The van der Waals surface area contributed by atoms with Gasteiger partial charge < -0.3 is 8.94 Å². The van der Waals surface area contributed by atoms with Crippen LogP contribution in [0.5, 0.6) is 0 Å². The number of nitrogens with zero attached hydrogens (tertiary/aromatic N) is 3. The highest BCUT2D eigenvalue weighted by Gasteiger charge is 2.22. The Bertz CT molecular complexity index is 724. The third-order valence-corrected chi connectivity index (χ3v) is 3.65. The van der Waals surface area contributed by atoms with Crippen LogP contribution in [0, 0.1) is 13.8 Å². The second kappa shape index (κ2) is 4.90. The predicted octanol–water partition coefficient (Wildman–Crippen LogP) is 3.58. The standard InChI is InChI=1S/C13H13BrN4O2/c1-6(11-7(2)16-17-8(11)3)13-15-12(18-20-13)9-4-5-10(14)19-9/h4-6H,1-3H3,(H,16,17)/t6-/m0/s1. The number of hydrogen-bond donors (Lipinski definition) is 1. The first kappa shape index (κ1) is 13.1. The molecule has 3 aromatic heterocycles. The van der Waals surface area contributed by atoms with E-state index in [1.807, 2.05) is 20.8 Å². The Balaban J connectivity index is 1.94. The summed E-state index contributed by atoms with van der Waals surface area (Å²) >= 11 is 3.25. The van der Waals surface area contributed by atoms with Crippen LogP contribution < -0.4 is 0 Å². The average Bonchev–Trinajstić information content (AvgIpc) is 3.10. The van der Waals surface area contributed by atoms with Crippen molar-refractivity contribution in [2.75, 3.05) is 0 Å². The summed E-state index contributed by atoms with van der Waals surface area (Å²) in [5.74, 6) is 1.53. The maximum Gasteiger partial charge on any atom is 0.238 e. The minimum absolute atomic E-state index is 0.0200. The molecule has 3 aromatic rings. The molecule has 0 unspecified atom stereocenters. The van der Waals surface area contributed by atoms with E-state index in [2.05, 4.69) is 36.3 Å². The molecule has 0 fully saturated rings. The molecule has 20 heavy (non-hydrogen) atoms. The van der Waals surface area contributed by atoms with Crippen LogP contribution in [0.1, 0.15) is 35.7 Å². The van der Waals surface area contributed by atoms with Crippen molar-refractivity contribution in [3.8, 4) is 11.6 Å². The van der Waals surface area contributed by atoms with Gasteiger partial charge in [0.1, 0.15) is 0 Å². The Kier molecular flexibility index (Phi) is 3.21. The molecular formula is C13H13BrN4O2. The normalized spacial score (nSPS) is 12.8. The molecule has 0 spiro atoms. The second-order valence-electron chi connectivity index (χ2n) is 4.63.